The Morgan fingerprint density at radius 2 is 1.80 bits per heavy atom. The number of allylic oxidation sites excluding steroid dienone is 4. The van der Waals surface area contributed by atoms with Gasteiger partial charge in [-0.15, -0.1) is 0 Å². The van der Waals surface area contributed by atoms with Crippen molar-refractivity contribution in [3.63, 3.8) is 0 Å². The molecule has 0 bridgehead atoms. The smallest absolute Gasteiger partial charge is 0.418 e. The van der Waals surface area contributed by atoms with E-state index in [4.69, 9.17) is 5.11 Å². The second-order valence-electron chi connectivity index (χ2n) is 7.75. The number of nitrogens with zero attached hydrogens (tertiary/aromatic N) is 4. The molecule has 4 rings (SSSR count). The molecule has 0 saturated carbocycles. The standard InChI is InChI=1S/C22H15F6N5O2/c1-10-6-12(21(23,24)25)2-3-14(10)32-15-4-5-29-19-18(15)31-9-16(33-19)17-13(22(26,27)28)7-11(8-30-17)20(34)35/h2-5,7-10H,6H2,1H3,(H,34,35)(H,29,32,33). The van der Waals surface area contributed by atoms with Gasteiger partial charge in [0.1, 0.15) is 16.9 Å². The zero-order chi connectivity index (χ0) is 25.5. The molecule has 0 aromatic carbocycles. The van der Waals surface area contributed by atoms with Gasteiger partial charge in [0.05, 0.1) is 23.0 Å². The molecule has 13 heteroatoms. The van der Waals surface area contributed by atoms with Crippen LogP contribution in [0.3, 0.4) is 0 Å². The highest BCUT2D eigenvalue weighted by Gasteiger charge is 2.37. The SMILES string of the molecule is CC1CC(C(F)(F)F)=CC=C1Nc1ccnc2nc(-c3ncc(C(=O)O)cc3C(F)(F)F)cnc12. The molecule has 3 aromatic rings. The minimum atomic E-state index is -4.91. The topological polar surface area (TPSA) is 101 Å². The van der Waals surface area contributed by atoms with Crippen molar-refractivity contribution < 1.29 is 36.2 Å². The van der Waals surface area contributed by atoms with E-state index >= 15 is 0 Å². The van der Waals surface area contributed by atoms with E-state index in [9.17, 15) is 31.1 Å². The number of halogens is 6. The second kappa shape index (κ2) is 8.64. The maximum atomic E-state index is 13.6. The molecule has 1 aliphatic rings. The maximum absolute atomic E-state index is 13.6. The molecule has 0 amide bonds. The van der Waals surface area contributed by atoms with Gasteiger partial charge in [0.15, 0.2) is 5.65 Å². The third-order valence-electron chi connectivity index (χ3n) is 5.29. The van der Waals surface area contributed by atoms with Crippen molar-refractivity contribution in [2.75, 3.05) is 5.32 Å². The van der Waals surface area contributed by atoms with Crippen LogP contribution in [-0.2, 0) is 6.18 Å². The van der Waals surface area contributed by atoms with Gasteiger partial charge in [-0.2, -0.15) is 26.3 Å². The van der Waals surface area contributed by atoms with Gasteiger partial charge in [0, 0.05) is 29.6 Å². The van der Waals surface area contributed by atoms with Gasteiger partial charge in [0.25, 0.3) is 0 Å². The van der Waals surface area contributed by atoms with E-state index in [2.05, 4.69) is 25.3 Å². The zero-order valence-corrected chi connectivity index (χ0v) is 17.7. The quantitative estimate of drug-likeness (QED) is 0.453. The summed E-state index contributed by atoms with van der Waals surface area (Å²) in [6, 6.07) is 1.97. The molecule has 182 valence electrons. The second-order valence-corrected chi connectivity index (χ2v) is 7.75. The summed E-state index contributed by atoms with van der Waals surface area (Å²) in [5.41, 5.74) is -2.53. The van der Waals surface area contributed by atoms with Crippen LogP contribution >= 0.6 is 0 Å². The van der Waals surface area contributed by atoms with Crippen molar-refractivity contribution in [1.82, 2.24) is 19.9 Å². The highest BCUT2D eigenvalue weighted by atomic mass is 19.4. The minimum absolute atomic E-state index is 0.0414. The van der Waals surface area contributed by atoms with E-state index < -0.39 is 46.6 Å². The predicted molar refractivity (Wildman–Crippen MR) is 112 cm³/mol. The molecular formula is C22H15F6N5O2. The van der Waals surface area contributed by atoms with Crippen LogP contribution in [0.2, 0.25) is 0 Å². The first-order valence-corrected chi connectivity index (χ1v) is 10.0. The van der Waals surface area contributed by atoms with Crippen LogP contribution in [0.25, 0.3) is 22.6 Å². The summed E-state index contributed by atoms with van der Waals surface area (Å²) in [4.78, 5) is 27.0. The fourth-order valence-electron chi connectivity index (χ4n) is 3.53. The van der Waals surface area contributed by atoms with Crippen molar-refractivity contribution in [1.29, 1.82) is 0 Å². The Balaban J connectivity index is 1.73. The summed E-state index contributed by atoms with van der Waals surface area (Å²) < 4.78 is 79.6. The Morgan fingerprint density at radius 1 is 1.06 bits per heavy atom. The molecule has 1 aliphatic carbocycles. The Kier molecular flexibility index (Phi) is 5.95. The van der Waals surface area contributed by atoms with E-state index in [1.165, 1.54) is 18.3 Å². The van der Waals surface area contributed by atoms with Crippen LogP contribution < -0.4 is 5.32 Å². The molecule has 1 atom stereocenters. The molecule has 0 aliphatic heterocycles. The third kappa shape index (κ3) is 4.93. The number of pyridine rings is 2. The molecule has 0 radical (unpaired) electrons. The van der Waals surface area contributed by atoms with Crippen LogP contribution in [-0.4, -0.2) is 37.2 Å². The Morgan fingerprint density at radius 3 is 2.43 bits per heavy atom. The Bertz CT molecular complexity index is 1380. The summed E-state index contributed by atoms with van der Waals surface area (Å²) in [5.74, 6) is -2.06. The fourth-order valence-corrected chi connectivity index (χ4v) is 3.53. The fraction of sp³-hybridized carbons (Fsp3) is 0.227. The summed E-state index contributed by atoms with van der Waals surface area (Å²) in [6.45, 7) is 1.62. The number of carbonyl (C=O) groups is 1. The maximum Gasteiger partial charge on any atom is 0.418 e. The minimum Gasteiger partial charge on any atom is -0.478 e. The molecule has 1 unspecified atom stereocenters. The lowest BCUT2D eigenvalue weighted by atomic mass is 9.92. The molecule has 2 N–H and O–H groups in total. The lowest BCUT2D eigenvalue weighted by Gasteiger charge is -2.24. The van der Waals surface area contributed by atoms with Crippen molar-refractivity contribution >= 4 is 22.8 Å². The summed E-state index contributed by atoms with van der Waals surface area (Å²) >= 11 is 0. The third-order valence-corrected chi connectivity index (χ3v) is 5.29. The van der Waals surface area contributed by atoms with E-state index in [1.54, 1.807) is 6.92 Å². The van der Waals surface area contributed by atoms with E-state index in [1.807, 2.05) is 0 Å². The number of aromatic nitrogens is 4. The molecular weight excluding hydrogens is 480 g/mol. The zero-order valence-electron chi connectivity index (χ0n) is 17.7. The number of alkyl halides is 6. The van der Waals surface area contributed by atoms with Gasteiger partial charge in [-0.1, -0.05) is 13.0 Å². The molecule has 35 heavy (non-hydrogen) atoms. The van der Waals surface area contributed by atoms with Gasteiger partial charge < -0.3 is 10.4 Å². The number of carboxylic acid groups (broad SMARTS) is 1. The summed E-state index contributed by atoms with van der Waals surface area (Å²) in [7, 11) is 0. The number of fused-ring (bicyclic) bond motifs is 1. The Labute approximate surface area is 193 Å². The van der Waals surface area contributed by atoms with E-state index in [0.29, 0.717) is 17.5 Å². The van der Waals surface area contributed by atoms with Crippen molar-refractivity contribution in [2.24, 2.45) is 5.92 Å². The first-order chi connectivity index (χ1) is 16.3. The monoisotopic (exact) mass is 495 g/mol. The van der Waals surface area contributed by atoms with Crippen molar-refractivity contribution in [3.8, 4) is 11.4 Å². The number of hydrogen-bond acceptors (Lipinski definition) is 6. The van der Waals surface area contributed by atoms with Crippen LogP contribution in [0.1, 0.15) is 29.3 Å². The van der Waals surface area contributed by atoms with Gasteiger partial charge in [-0.05, 0) is 24.6 Å². The lowest BCUT2D eigenvalue weighted by Crippen LogP contribution is -2.20. The molecule has 0 fully saturated rings. The van der Waals surface area contributed by atoms with Gasteiger partial charge in [0.2, 0.25) is 0 Å². The van der Waals surface area contributed by atoms with Crippen molar-refractivity contribution in [2.45, 2.75) is 25.7 Å². The lowest BCUT2D eigenvalue weighted by molar-refractivity contribution is -0.137. The molecule has 0 spiro atoms. The molecule has 3 heterocycles. The summed E-state index contributed by atoms with van der Waals surface area (Å²) in [6.07, 6.45) is -4.12. The van der Waals surface area contributed by atoms with E-state index in [0.717, 1.165) is 18.5 Å². The van der Waals surface area contributed by atoms with Gasteiger partial charge in [-0.25, -0.2) is 19.7 Å². The number of aromatic carboxylic acids is 1. The first-order valence-electron chi connectivity index (χ1n) is 10.0. The van der Waals surface area contributed by atoms with Gasteiger partial charge >= 0.3 is 18.3 Å². The number of carboxylic acids is 1. The number of nitrogens with one attached hydrogen (secondary N) is 1. The molecule has 3 aromatic heterocycles. The molecule has 7 nitrogen and oxygen atoms in total. The highest BCUT2D eigenvalue weighted by molar-refractivity contribution is 5.89. The average Bonchev–Trinajstić information content (AvgIpc) is 2.78. The normalized spacial score (nSPS) is 16.6. The van der Waals surface area contributed by atoms with Crippen LogP contribution in [0, 0.1) is 5.92 Å². The van der Waals surface area contributed by atoms with Crippen LogP contribution in [0.15, 0.2) is 54.1 Å². The molecule has 0 saturated heterocycles. The largest absolute Gasteiger partial charge is 0.478 e. The van der Waals surface area contributed by atoms with Crippen LogP contribution in [0.5, 0.6) is 0 Å². The Hall–Kier alpha value is -4.03. The summed E-state index contributed by atoms with van der Waals surface area (Å²) in [5, 5.41) is 12.0. The number of rotatable bonds is 4. The van der Waals surface area contributed by atoms with Crippen molar-refractivity contribution in [3.05, 3.63) is 65.3 Å². The predicted octanol–water partition coefficient (Wildman–Crippen LogP) is 5.63. The number of anilines is 1. The average molecular weight is 495 g/mol. The van der Waals surface area contributed by atoms with E-state index in [-0.39, 0.29) is 23.3 Å². The highest BCUT2D eigenvalue weighted by Crippen LogP contribution is 2.38. The van der Waals surface area contributed by atoms with Crippen LogP contribution in [0.4, 0.5) is 32.0 Å². The number of hydrogen-bond donors (Lipinski definition) is 2. The first kappa shape index (κ1) is 24.1. The van der Waals surface area contributed by atoms with Gasteiger partial charge in [-0.3, -0.25) is 4.98 Å².